The van der Waals surface area contributed by atoms with Crippen LogP contribution in [0.1, 0.15) is 32.4 Å². The van der Waals surface area contributed by atoms with Crippen molar-refractivity contribution in [2.24, 2.45) is 0 Å². The average Bonchev–Trinajstić information content (AvgIpc) is 2.91. The number of esters is 1. The first-order valence-corrected chi connectivity index (χ1v) is 8.07. The van der Waals surface area contributed by atoms with E-state index in [0.717, 1.165) is 12.0 Å². The zero-order valence-corrected chi connectivity index (χ0v) is 13.6. The Bertz CT molecular complexity index is 833. The molecular weight excluding hydrogens is 286 g/mol. The predicted molar refractivity (Wildman–Crippen MR) is 92.8 cm³/mol. The van der Waals surface area contributed by atoms with E-state index in [1.165, 1.54) is 36.5 Å². The first-order chi connectivity index (χ1) is 11.2. The number of fused-ring (bicyclic) bond motifs is 1. The molecule has 3 aromatic rings. The summed E-state index contributed by atoms with van der Waals surface area (Å²) in [5.41, 5.74) is 4.73. The summed E-state index contributed by atoms with van der Waals surface area (Å²) in [7, 11) is 0. The van der Waals surface area contributed by atoms with Gasteiger partial charge in [0.2, 0.25) is 0 Å². The molecule has 23 heavy (non-hydrogen) atoms. The molecule has 0 aliphatic carbocycles. The number of carbonyl (C=O) groups is 1. The minimum Gasteiger partial charge on any atom is -0.427 e. The van der Waals surface area contributed by atoms with Crippen LogP contribution in [-0.4, -0.2) is 10.4 Å². The molecule has 0 atom stereocenters. The van der Waals surface area contributed by atoms with Crippen LogP contribution in [0.15, 0.2) is 54.7 Å². The summed E-state index contributed by atoms with van der Waals surface area (Å²) in [6.45, 7) is 3.63. The third kappa shape index (κ3) is 3.29. The van der Waals surface area contributed by atoms with Crippen molar-refractivity contribution in [2.75, 3.05) is 0 Å². The van der Waals surface area contributed by atoms with Gasteiger partial charge in [-0.15, -0.1) is 0 Å². The lowest BCUT2D eigenvalue weighted by Crippen LogP contribution is -2.00. The highest BCUT2D eigenvalue weighted by atomic mass is 16.5. The van der Waals surface area contributed by atoms with Crippen molar-refractivity contribution in [1.29, 1.82) is 0 Å². The Labute approximate surface area is 136 Å². The fraction of sp³-hybridized carbons (Fsp3) is 0.250. The molecule has 0 fully saturated rings. The van der Waals surface area contributed by atoms with Crippen LogP contribution in [0.5, 0.6) is 5.75 Å². The number of carbonyl (C=O) groups excluding carboxylic acids is 1. The van der Waals surface area contributed by atoms with E-state index in [9.17, 15) is 4.79 Å². The van der Waals surface area contributed by atoms with Gasteiger partial charge in [-0.05, 0) is 48.7 Å². The van der Waals surface area contributed by atoms with Crippen molar-refractivity contribution < 1.29 is 9.53 Å². The van der Waals surface area contributed by atoms with Gasteiger partial charge in [-0.25, -0.2) is 0 Å². The second-order valence-corrected chi connectivity index (χ2v) is 5.73. The van der Waals surface area contributed by atoms with E-state index in [-0.39, 0.29) is 5.97 Å². The fourth-order valence-electron chi connectivity index (χ4n) is 2.90. The van der Waals surface area contributed by atoms with E-state index in [4.69, 9.17) is 4.74 Å². The van der Waals surface area contributed by atoms with Crippen LogP contribution < -0.4 is 4.74 Å². The lowest BCUT2D eigenvalue weighted by Gasteiger charge is -2.05. The molecule has 3 heteroatoms. The molecule has 3 rings (SSSR count). The third-order valence-electron chi connectivity index (χ3n) is 3.95. The Balaban J connectivity index is 2.07. The topological polar surface area (TPSA) is 30.7 Å². The van der Waals surface area contributed by atoms with Crippen molar-refractivity contribution in [3.63, 3.8) is 0 Å². The highest BCUT2D eigenvalue weighted by Gasteiger charge is 2.11. The van der Waals surface area contributed by atoms with Crippen LogP contribution in [0.4, 0.5) is 0 Å². The summed E-state index contributed by atoms with van der Waals surface area (Å²) in [5.74, 6) is 0.285. The number of aryl methyl sites for hydroxylation is 1. The van der Waals surface area contributed by atoms with E-state index in [0.29, 0.717) is 5.75 Å². The highest BCUT2D eigenvalue weighted by molar-refractivity contribution is 5.83. The maximum atomic E-state index is 11.2. The Kier molecular flexibility index (Phi) is 4.47. The van der Waals surface area contributed by atoms with E-state index in [1.54, 1.807) is 6.07 Å². The summed E-state index contributed by atoms with van der Waals surface area (Å²) < 4.78 is 7.47. The Hall–Kier alpha value is -2.55. The predicted octanol–water partition coefficient (Wildman–Crippen LogP) is 4.87. The third-order valence-corrected chi connectivity index (χ3v) is 3.95. The van der Waals surface area contributed by atoms with Crippen molar-refractivity contribution in [1.82, 2.24) is 4.40 Å². The Morgan fingerprint density at radius 3 is 2.78 bits per heavy atom. The summed E-state index contributed by atoms with van der Waals surface area (Å²) in [6.07, 6.45) is 5.52. The first kappa shape index (κ1) is 15.3. The molecule has 118 valence electrons. The van der Waals surface area contributed by atoms with Crippen molar-refractivity contribution in [3.05, 3.63) is 60.4 Å². The van der Waals surface area contributed by atoms with Gasteiger partial charge in [-0.2, -0.15) is 0 Å². The minimum atomic E-state index is -0.299. The smallest absolute Gasteiger partial charge is 0.308 e. The maximum absolute atomic E-state index is 11.2. The lowest BCUT2D eigenvalue weighted by atomic mass is 10.1. The van der Waals surface area contributed by atoms with Crippen LogP contribution in [0, 0.1) is 0 Å². The largest absolute Gasteiger partial charge is 0.427 e. The monoisotopic (exact) mass is 307 g/mol. The minimum absolute atomic E-state index is 0.299. The van der Waals surface area contributed by atoms with Crippen LogP contribution in [-0.2, 0) is 11.2 Å². The van der Waals surface area contributed by atoms with Gasteiger partial charge in [-0.1, -0.05) is 31.5 Å². The molecular formula is C20H21NO2. The van der Waals surface area contributed by atoms with Gasteiger partial charge < -0.3 is 9.14 Å². The molecule has 0 saturated heterocycles. The normalized spacial score (nSPS) is 10.9. The number of hydrogen-bond acceptors (Lipinski definition) is 2. The molecule has 0 bridgehead atoms. The number of rotatable bonds is 5. The van der Waals surface area contributed by atoms with Gasteiger partial charge >= 0.3 is 5.97 Å². The Morgan fingerprint density at radius 1 is 1.13 bits per heavy atom. The molecule has 0 N–H and O–H groups in total. The van der Waals surface area contributed by atoms with Crippen LogP contribution >= 0.6 is 0 Å². The first-order valence-electron chi connectivity index (χ1n) is 8.07. The number of pyridine rings is 1. The molecule has 0 aliphatic heterocycles. The lowest BCUT2D eigenvalue weighted by molar-refractivity contribution is -0.131. The van der Waals surface area contributed by atoms with Crippen LogP contribution in [0.3, 0.4) is 0 Å². The van der Waals surface area contributed by atoms with Crippen molar-refractivity contribution in [2.45, 2.75) is 33.1 Å². The molecule has 0 saturated carbocycles. The fourth-order valence-corrected chi connectivity index (χ4v) is 2.90. The van der Waals surface area contributed by atoms with E-state index < -0.39 is 0 Å². The maximum Gasteiger partial charge on any atom is 0.308 e. The number of hydrogen-bond donors (Lipinski definition) is 0. The summed E-state index contributed by atoms with van der Waals surface area (Å²) in [5, 5.41) is 0. The van der Waals surface area contributed by atoms with Gasteiger partial charge in [0.05, 0.1) is 5.52 Å². The zero-order valence-electron chi connectivity index (χ0n) is 13.6. The quantitative estimate of drug-likeness (QED) is 0.497. The SMILES string of the molecule is CCCCc1cc(-c2cccc(OC(C)=O)c2)c2ccccn12. The van der Waals surface area contributed by atoms with Gasteiger partial charge in [-0.3, -0.25) is 4.79 Å². The average molecular weight is 307 g/mol. The summed E-state index contributed by atoms with van der Waals surface area (Å²) in [4.78, 5) is 11.2. The molecule has 2 heterocycles. The van der Waals surface area contributed by atoms with Crippen molar-refractivity contribution in [3.8, 4) is 16.9 Å². The number of unbranched alkanes of at least 4 members (excludes halogenated alkanes) is 1. The van der Waals surface area contributed by atoms with Crippen LogP contribution in [0.25, 0.3) is 16.6 Å². The zero-order chi connectivity index (χ0) is 16.2. The van der Waals surface area contributed by atoms with E-state index in [2.05, 4.69) is 47.9 Å². The molecule has 0 amide bonds. The van der Waals surface area contributed by atoms with Gasteiger partial charge in [0, 0.05) is 24.4 Å². The number of ether oxygens (including phenoxy) is 1. The Morgan fingerprint density at radius 2 is 2.00 bits per heavy atom. The molecule has 0 spiro atoms. The second kappa shape index (κ2) is 6.69. The van der Waals surface area contributed by atoms with Gasteiger partial charge in [0.15, 0.2) is 0 Å². The summed E-state index contributed by atoms with van der Waals surface area (Å²) >= 11 is 0. The molecule has 0 aliphatic rings. The van der Waals surface area contributed by atoms with E-state index in [1.807, 2.05) is 12.1 Å². The number of benzene rings is 1. The highest BCUT2D eigenvalue weighted by Crippen LogP contribution is 2.31. The summed E-state index contributed by atoms with van der Waals surface area (Å²) in [6, 6.07) is 16.2. The molecule has 2 aromatic heterocycles. The molecule has 1 aromatic carbocycles. The molecule has 3 nitrogen and oxygen atoms in total. The van der Waals surface area contributed by atoms with Crippen LogP contribution in [0.2, 0.25) is 0 Å². The second-order valence-electron chi connectivity index (χ2n) is 5.73. The molecule has 0 unspecified atom stereocenters. The number of aromatic nitrogens is 1. The number of nitrogens with zero attached hydrogens (tertiary/aromatic N) is 1. The van der Waals surface area contributed by atoms with Crippen molar-refractivity contribution >= 4 is 11.5 Å². The van der Waals surface area contributed by atoms with Gasteiger partial charge in [0.1, 0.15) is 5.75 Å². The van der Waals surface area contributed by atoms with Gasteiger partial charge in [0.25, 0.3) is 0 Å². The molecule has 0 radical (unpaired) electrons. The van der Waals surface area contributed by atoms with E-state index >= 15 is 0 Å². The standard InChI is InChI=1S/C20H21NO2/c1-3-4-9-17-14-19(20-11-5-6-12-21(17)20)16-8-7-10-18(13-16)23-15(2)22/h5-8,10-14H,3-4,9H2,1-2H3.